The highest BCUT2D eigenvalue weighted by Gasteiger charge is 2.15. The Morgan fingerprint density at radius 2 is 2.15 bits per heavy atom. The fourth-order valence-electron chi connectivity index (χ4n) is 1.72. The third-order valence-corrected chi connectivity index (χ3v) is 2.24. The van der Waals surface area contributed by atoms with Crippen molar-refractivity contribution in [1.82, 2.24) is 5.32 Å². The Labute approximate surface area is 80.5 Å². The molecule has 1 heteroatoms. The van der Waals surface area contributed by atoms with Gasteiger partial charge in [-0.1, -0.05) is 30.9 Å². The van der Waals surface area contributed by atoms with Gasteiger partial charge in [-0.05, 0) is 30.9 Å². The molecule has 0 spiro atoms. The quantitative estimate of drug-likeness (QED) is 0.695. The van der Waals surface area contributed by atoms with Crippen molar-refractivity contribution >= 4 is 0 Å². The lowest BCUT2D eigenvalue weighted by Crippen LogP contribution is -2.06. The van der Waals surface area contributed by atoms with Gasteiger partial charge < -0.3 is 5.32 Å². The molecule has 0 heterocycles. The van der Waals surface area contributed by atoms with Gasteiger partial charge in [-0.25, -0.2) is 0 Å². The molecule has 1 aliphatic carbocycles. The van der Waals surface area contributed by atoms with Crippen LogP contribution in [0.3, 0.4) is 0 Å². The largest absolute Gasteiger partial charge is 0.388 e. The first-order chi connectivity index (χ1) is 6.33. The monoisotopic (exact) mass is 175 g/mol. The van der Waals surface area contributed by atoms with Gasteiger partial charge in [0.25, 0.3) is 0 Å². The van der Waals surface area contributed by atoms with Crippen LogP contribution >= 0.6 is 0 Å². The van der Waals surface area contributed by atoms with Crippen molar-refractivity contribution < 1.29 is 0 Å². The lowest BCUT2D eigenvalue weighted by molar-refractivity contribution is 0.990. The summed E-state index contributed by atoms with van der Waals surface area (Å²) >= 11 is 0. The maximum atomic E-state index is 3.72. The van der Waals surface area contributed by atoms with Crippen LogP contribution in [0.5, 0.6) is 0 Å². The van der Waals surface area contributed by atoms with Crippen molar-refractivity contribution in [3.63, 3.8) is 0 Å². The second-order valence-corrected chi connectivity index (χ2v) is 3.08. The van der Waals surface area contributed by atoms with Crippen molar-refractivity contribution in [1.29, 1.82) is 0 Å². The number of allylic oxidation sites excluding steroid dienone is 6. The van der Waals surface area contributed by atoms with E-state index in [2.05, 4.69) is 37.0 Å². The molecule has 0 bridgehead atoms. The Balaban J connectivity index is 2.97. The molecule has 0 aromatic heterocycles. The Morgan fingerprint density at radius 3 is 2.69 bits per heavy atom. The molecular weight excluding hydrogens is 158 g/mol. The molecule has 13 heavy (non-hydrogen) atoms. The second kappa shape index (κ2) is 4.70. The van der Waals surface area contributed by atoms with Crippen LogP contribution in [0.1, 0.15) is 19.8 Å². The van der Waals surface area contributed by atoms with Gasteiger partial charge >= 0.3 is 0 Å². The first-order valence-corrected chi connectivity index (χ1v) is 4.69. The summed E-state index contributed by atoms with van der Waals surface area (Å²) in [5.74, 6) is 0. The fourth-order valence-corrected chi connectivity index (χ4v) is 1.72. The zero-order chi connectivity index (χ0) is 9.68. The van der Waals surface area contributed by atoms with Crippen molar-refractivity contribution in [2.24, 2.45) is 0 Å². The van der Waals surface area contributed by atoms with Crippen molar-refractivity contribution in [2.45, 2.75) is 19.8 Å². The van der Waals surface area contributed by atoms with Gasteiger partial charge in [0.05, 0.1) is 0 Å². The van der Waals surface area contributed by atoms with E-state index in [1.165, 1.54) is 16.8 Å². The molecule has 0 saturated carbocycles. The summed E-state index contributed by atoms with van der Waals surface area (Å²) in [5.41, 5.74) is 4.04. The van der Waals surface area contributed by atoms with Crippen LogP contribution in [0, 0.1) is 0 Å². The van der Waals surface area contributed by atoms with E-state index in [1.807, 2.05) is 13.1 Å². The van der Waals surface area contributed by atoms with Gasteiger partial charge in [-0.15, -0.1) is 0 Å². The predicted molar refractivity (Wildman–Crippen MR) is 58.4 cm³/mol. The van der Waals surface area contributed by atoms with Crippen molar-refractivity contribution in [3.05, 3.63) is 47.7 Å². The van der Waals surface area contributed by atoms with E-state index in [9.17, 15) is 0 Å². The van der Waals surface area contributed by atoms with E-state index in [-0.39, 0.29) is 0 Å². The molecule has 0 fully saturated rings. The third-order valence-electron chi connectivity index (χ3n) is 2.24. The summed E-state index contributed by atoms with van der Waals surface area (Å²) in [4.78, 5) is 0. The third kappa shape index (κ3) is 2.11. The standard InChI is InChI=1S/C12H17N/c1-4-6-10-8-9-11(7-5-2)12(10)13-3/h4-7,13H,1,8-9H2,2-3H3/b7-5+,10-6+. The van der Waals surface area contributed by atoms with E-state index >= 15 is 0 Å². The molecule has 0 unspecified atom stereocenters. The summed E-state index contributed by atoms with van der Waals surface area (Å²) in [7, 11) is 1.97. The minimum Gasteiger partial charge on any atom is -0.388 e. The lowest BCUT2D eigenvalue weighted by Gasteiger charge is -2.04. The SMILES string of the molecule is C=C/C=C1\CCC(/C=C/C)=C1NC. The maximum Gasteiger partial charge on any atom is 0.0402 e. The molecule has 0 amide bonds. The highest BCUT2D eigenvalue weighted by atomic mass is 14.8. The first kappa shape index (κ1) is 9.85. The van der Waals surface area contributed by atoms with Crippen molar-refractivity contribution in [3.8, 4) is 0 Å². The van der Waals surface area contributed by atoms with E-state index in [1.54, 1.807) is 0 Å². The molecule has 0 aliphatic heterocycles. The van der Waals surface area contributed by atoms with Crippen LogP contribution in [0.25, 0.3) is 0 Å². The molecule has 1 aliphatic rings. The van der Waals surface area contributed by atoms with Crippen molar-refractivity contribution in [2.75, 3.05) is 7.05 Å². The Kier molecular flexibility index (Phi) is 3.56. The molecule has 0 saturated heterocycles. The second-order valence-electron chi connectivity index (χ2n) is 3.08. The van der Waals surface area contributed by atoms with Gasteiger partial charge in [0, 0.05) is 12.7 Å². The zero-order valence-corrected chi connectivity index (χ0v) is 8.43. The predicted octanol–water partition coefficient (Wildman–Crippen LogP) is 2.94. The summed E-state index contributed by atoms with van der Waals surface area (Å²) < 4.78 is 0. The smallest absolute Gasteiger partial charge is 0.0402 e. The number of rotatable bonds is 3. The van der Waals surface area contributed by atoms with E-state index in [4.69, 9.17) is 0 Å². The maximum absolute atomic E-state index is 3.72. The molecule has 1 nitrogen and oxygen atoms in total. The van der Waals surface area contributed by atoms with Crippen LogP contribution in [0.4, 0.5) is 0 Å². The summed E-state index contributed by atoms with van der Waals surface area (Å²) in [6.45, 7) is 5.77. The minimum absolute atomic E-state index is 1.13. The first-order valence-electron chi connectivity index (χ1n) is 4.69. The normalized spacial score (nSPS) is 20.3. The Hall–Kier alpha value is -1.24. The highest BCUT2D eigenvalue weighted by molar-refractivity contribution is 5.45. The van der Waals surface area contributed by atoms with Crippen LogP contribution in [0.2, 0.25) is 0 Å². The van der Waals surface area contributed by atoms with E-state index < -0.39 is 0 Å². The molecule has 1 N–H and O–H groups in total. The molecule has 0 aromatic carbocycles. The lowest BCUT2D eigenvalue weighted by atomic mass is 10.2. The van der Waals surface area contributed by atoms with Gasteiger partial charge in [0.1, 0.15) is 0 Å². The Bertz CT molecular complexity index is 279. The Morgan fingerprint density at radius 1 is 1.38 bits per heavy atom. The molecular formula is C12H17N. The number of likely N-dealkylation sites (N-methyl/N-ethyl adjacent to an activating group) is 1. The highest BCUT2D eigenvalue weighted by Crippen LogP contribution is 2.30. The topological polar surface area (TPSA) is 12.0 Å². The average Bonchev–Trinajstić information content (AvgIpc) is 2.49. The van der Waals surface area contributed by atoms with Gasteiger partial charge in [0.15, 0.2) is 0 Å². The van der Waals surface area contributed by atoms with Gasteiger partial charge in [0.2, 0.25) is 0 Å². The van der Waals surface area contributed by atoms with E-state index in [0.717, 1.165) is 12.8 Å². The molecule has 0 atom stereocenters. The number of hydrogen-bond donors (Lipinski definition) is 1. The van der Waals surface area contributed by atoms with E-state index in [0.29, 0.717) is 0 Å². The van der Waals surface area contributed by atoms with Crippen LogP contribution in [0.15, 0.2) is 47.7 Å². The van der Waals surface area contributed by atoms with Gasteiger partial charge in [-0.2, -0.15) is 0 Å². The fraction of sp³-hybridized carbons (Fsp3) is 0.333. The van der Waals surface area contributed by atoms with Crippen LogP contribution in [-0.2, 0) is 0 Å². The average molecular weight is 175 g/mol. The summed E-state index contributed by atoms with van der Waals surface area (Å²) in [5, 5.41) is 3.25. The number of nitrogens with one attached hydrogen (secondary N) is 1. The minimum atomic E-state index is 1.13. The molecule has 70 valence electrons. The van der Waals surface area contributed by atoms with Gasteiger partial charge in [-0.3, -0.25) is 0 Å². The molecule has 1 rings (SSSR count). The molecule has 0 aromatic rings. The zero-order valence-electron chi connectivity index (χ0n) is 8.43. The van der Waals surface area contributed by atoms with Crippen LogP contribution in [-0.4, -0.2) is 7.05 Å². The summed E-state index contributed by atoms with van der Waals surface area (Å²) in [6, 6.07) is 0. The number of hydrogen-bond acceptors (Lipinski definition) is 1. The van der Waals surface area contributed by atoms with Crippen LogP contribution < -0.4 is 5.32 Å². The molecule has 0 radical (unpaired) electrons. The summed E-state index contributed by atoms with van der Waals surface area (Å²) in [6.07, 6.45) is 10.5.